The molecule has 0 aromatic heterocycles. The summed E-state index contributed by atoms with van der Waals surface area (Å²) in [4.78, 5) is 3.56. The van der Waals surface area contributed by atoms with E-state index >= 15 is 0 Å². The van der Waals surface area contributed by atoms with Crippen molar-refractivity contribution in [2.75, 3.05) is 19.9 Å². The number of aliphatic imine (C=N–C) groups is 1. The van der Waals surface area contributed by atoms with E-state index in [0.717, 1.165) is 0 Å². The summed E-state index contributed by atoms with van der Waals surface area (Å²) < 4.78 is 11.4. The summed E-state index contributed by atoms with van der Waals surface area (Å²) in [5.41, 5.74) is 10.2. The van der Waals surface area contributed by atoms with Crippen molar-refractivity contribution in [3.05, 3.63) is 0 Å². The molecule has 0 rings (SSSR count). The first-order chi connectivity index (χ1) is 4.31. The molecule has 5 N–H and O–H groups in total. The second-order valence-corrected chi connectivity index (χ2v) is 1.34. The van der Waals surface area contributed by atoms with Gasteiger partial charge in [0, 0.05) is 6.54 Å². The number of halogens is 1. The predicted octanol–water partition coefficient (Wildman–Crippen LogP) is -1.22. The topological polar surface area (TPSA) is 76.4 Å². The standard InChI is InChI=1S/C4H11FN4/c5-1-2-8-4(7)9-3-6/h1-3,6H2,(H3,7,8,9). The quantitative estimate of drug-likeness (QED) is 0.334. The molecule has 0 saturated carbocycles. The Labute approximate surface area is 53.1 Å². The smallest absolute Gasteiger partial charge is 0.189 e. The largest absolute Gasteiger partial charge is 0.370 e. The van der Waals surface area contributed by atoms with Crippen LogP contribution in [0.25, 0.3) is 0 Å². The maximum absolute atomic E-state index is 11.4. The fourth-order valence-corrected chi connectivity index (χ4v) is 0.330. The fourth-order valence-electron chi connectivity index (χ4n) is 0.330. The minimum Gasteiger partial charge on any atom is -0.370 e. The van der Waals surface area contributed by atoms with Crippen LogP contribution in [0.15, 0.2) is 4.99 Å². The lowest BCUT2D eigenvalue weighted by Gasteiger charge is -1.99. The maximum atomic E-state index is 11.4. The Balaban J connectivity index is 3.25. The van der Waals surface area contributed by atoms with Gasteiger partial charge in [0.25, 0.3) is 0 Å². The lowest BCUT2D eigenvalue weighted by atomic mass is 10.7. The Kier molecular flexibility index (Phi) is 4.81. The number of nitrogens with two attached hydrogens (primary N) is 2. The highest BCUT2D eigenvalue weighted by atomic mass is 19.1. The number of guanidine groups is 1. The molecule has 0 unspecified atom stereocenters. The molecule has 0 fully saturated rings. The Hall–Kier alpha value is -0.840. The molecule has 0 heterocycles. The summed E-state index contributed by atoms with van der Waals surface area (Å²) in [6.45, 7) is -0.138. The van der Waals surface area contributed by atoms with E-state index in [1.807, 2.05) is 0 Å². The molecule has 0 amide bonds. The molecule has 0 aromatic rings. The van der Waals surface area contributed by atoms with E-state index in [1.165, 1.54) is 0 Å². The molecule has 0 radical (unpaired) electrons. The third kappa shape index (κ3) is 5.02. The summed E-state index contributed by atoms with van der Waals surface area (Å²) in [6, 6.07) is 0. The van der Waals surface area contributed by atoms with Gasteiger partial charge in [-0.25, -0.2) is 9.38 Å². The van der Waals surface area contributed by atoms with Crippen molar-refractivity contribution >= 4 is 5.96 Å². The van der Waals surface area contributed by atoms with Crippen LogP contribution in [0.3, 0.4) is 0 Å². The van der Waals surface area contributed by atoms with Gasteiger partial charge in [-0.15, -0.1) is 0 Å². The zero-order valence-corrected chi connectivity index (χ0v) is 5.10. The molecule has 0 aliphatic heterocycles. The van der Waals surface area contributed by atoms with E-state index in [9.17, 15) is 4.39 Å². The summed E-state index contributed by atoms with van der Waals surface area (Å²) >= 11 is 0. The van der Waals surface area contributed by atoms with Crippen molar-refractivity contribution in [3.63, 3.8) is 0 Å². The molecule has 0 bridgehead atoms. The monoisotopic (exact) mass is 134 g/mol. The minimum absolute atomic E-state index is 0.130. The lowest BCUT2D eigenvalue weighted by Crippen LogP contribution is -2.33. The van der Waals surface area contributed by atoms with Crippen LogP contribution in [0.2, 0.25) is 0 Å². The Morgan fingerprint density at radius 3 is 2.78 bits per heavy atom. The van der Waals surface area contributed by atoms with E-state index in [2.05, 4.69) is 10.3 Å². The van der Waals surface area contributed by atoms with Crippen LogP contribution in [0.4, 0.5) is 4.39 Å². The van der Waals surface area contributed by atoms with E-state index in [-0.39, 0.29) is 19.2 Å². The highest BCUT2D eigenvalue weighted by molar-refractivity contribution is 5.77. The zero-order chi connectivity index (χ0) is 7.11. The van der Waals surface area contributed by atoms with Gasteiger partial charge in [-0.05, 0) is 0 Å². The number of nitrogens with one attached hydrogen (secondary N) is 1. The number of rotatable bonds is 3. The van der Waals surface area contributed by atoms with Crippen molar-refractivity contribution in [1.82, 2.24) is 5.32 Å². The summed E-state index contributed by atoms with van der Waals surface area (Å²) in [7, 11) is 0. The molecule has 4 nitrogen and oxygen atoms in total. The maximum Gasteiger partial charge on any atom is 0.189 e. The van der Waals surface area contributed by atoms with E-state index < -0.39 is 6.67 Å². The van der Waals surface area contributed by atoms with Crippen molar-refractivity contribution < 1.29 is 4.39 Å². The predicted molar refractivity (Wildman–Crippen MR) is 34.7 cm³/mol. The number of nitrogens with zero attached hydrogens (tertiary/aromatic N) is 1. The summed E-state index contributed by atoms with van der Waals surface area (Å²) in [5.74, 6) is 0.190. The molecule has 5 heteroatoms. The molecule has 0 atom stereocenters. The van der Waals surface area contributed by atoms with Crippen LogP contribution in [-0.4, -0.2) is 25.8 Å². The molecular weight excluding hydrogens is 123 g/mol. The first-order valence-electron chi connectivity index (χ1n) is 2.61. The Morgan fingerprint density at radius 2 is 2.33 bits per heavy atom. The van der Waals surface area contributed by atoms with Gasteiger partial charge in [0.1, 0.15) is 6.67 Å². The van der Waals surface area contributed by atoms with Gasteiger partial charge < -0.3 is 16.8 Å². The molecule has 54 valence electrons. The fraction of sp³-hybridized carbons (Fsp3) is 0.750. The van der Waals surface area contributed by atoms with E-state index in [4.69, 9.17) is 11.5 Å². The van der Waals surface area contributed by atoms with Crippen molar-refractivity contribution in [2.24, 2.45) is 16.5 Å². The average molecular weight is 134 g/mol. The molecule has 0 saturated heterocycles. The Morgan fingerprint density at radius 1 is 1.67 bits per heavy atom. The van der Waals surface area contributed by atoms with Gasteiger partial charge in [0.15, 0.2) is 5.96 Å². The summed E-state index contributed by atoms with van der Waals surface area (Å²) in [6.07, 6.45) is 0. The van der Waals surface area contributed by atoms with Crippen LogP contribution in [-0.2, 0) is 0 Å². The highest BCUT2D eigenvalue weighted by Gasteiger charge is 1.85. The van der Waals surface area contributed by atoms with Crippen LogP contribution < -0.4 is 16.8 Å². The molecule has 9 heavy (non-hydrogen) atoms. The molecule has 0 spiro atoms. The van der Waals surface area contributed by atoms with E-state index in [1.54, 1.807) is 0 Å². The molecule has 0 aromatic carbocycles. The van der Waals surface area contributed by atoms with Crippen LogP contribution in [0, 0.1) is 0 Å². The van der Waals surface area contributed by atoms with Crippen LogP contribution >= 0.6 is 0 Å². The number of hydrogen-bond acceptors (Lipinski definition) is 2. The lowest BCUT2D eigenvalue weighted by molar-refractivity contribution is 0.490. The minimum atomic E-state index is -0.458. The first-order valence-corrected chi connectivity index (χ1v) is 2.61. The first kappa shape index (κ1) is 8.16. The van der Waals surface area contributed by atoms with Crippen molar-refractivity contribution in [2.45, 2.75) is 0 Å². The molecule has 0 aliphatic carbocycles. The van der Waals surface area contributed by atoms with Crippen molar-refractivity contribution in [3.8, 4) is 0 Å². The van der Waals surface area contributed by atoms with Gasteiger partial charge in [-0.3, -0.25) is 0 Å². The third-order valence-electron chi connectivity index (χ3n) is 0.662. The SMILES string of the molecule is NC/N=C(\N)NCCF. The molecule has 0 aliphatic rings. The Bertz CT molecular complexity index is 92.6. The normalized spacial score (nSPS) is 11.6. The van der Waals surface area contributed by atoms with Gasteiger partial charge in [0.05, 0.1) is 6.67 Å². The zero-order valence-electron chi connectivity index (χ0n) is 5.10. The second kappa shape index (κ2) is 5.30. The van der Waals surface area contributed by atoms with Gasteiger partial charge in [-0.2, -0.15) is 0 Å². The van der Waals surface area contributed by atoms with Gasteiger partial charge in [-0.1, -0.05) is 0 Å². The summed E-state index contributed by atoms with van der Waals surface area (Å²) in [5, 5.41) is 2.51. The number of hydrogen-bond donors (Lipinski definition) is 3. The average Bonchev–Trinajstić information content (AvgIpc) is 1.85. The van der Waals surface area contributed by atoms with Crippen LogP contribution in [0.5, 0.6) is 0 Å². The second-order valence-electron chi connectivity index (χ2n) is 1.34. The third-order valence-corrected chi connectivity index (χ3v) is 0.662. The van der Waals surface area contributed by atoms with Crippen LogP contribution in [0.1, 0.15) is 0 Å². The number of alkyl halides is 1. The highest BCUT2D eigenvalue weighted by Crippen LogP contribution is 1.63. The van der Waals surface area contributed by atoms with E-state index in [0.29, 0.717) is 0 Å². The van der Waals surface area contributed by atoms with Crippen molar-refractivity contribution in [1.29, 1.82) is 0 Å². The van der Waals surface area contributed by atoms with Gasteiger partial charge >= 0.3 is 0 Å². The van der Waals surface area contributed by atoms with Gasteiger partial charge in [0.2, 0.25) is 0 Å². The molecular formula is C4H11FN4.